The number of hydrogen-bond acceptors (Lipinski definition) is 7. The highest BCUT2D eigenvalue weighted by molar-refractivity contribution is 7.99. The number of thiophene rings is 1. The molecule has 0 bridgehead atoms. The van der Waals surface area contributed by atoms with Crippen LogP contribution >= 0.6 is 23.1 Å². The number of ether oxygens (including phenoxy) is 1. The van der Waals surface area contributed by atoms with Gasteiger partial charge in [-0.15, -0.1) is 21.5 Å². The smallest absolute Gasteiger partial charge is 0.350 e. The predicted octanol–water partition coefficient (Wildman–Crippen LogP) is 3.78. The number of anilines is 1. The number of nitrogens with one attached hydrogen (secondary N) is 1. The minimum absolute atomic E-state index is 0.175. The summed E-state index contributed by atoms with van der Waals surface area (Å²) < 4.78 is 6.85. The van der Waals surface area contributed by atoms with Gasteiger partial charge in [0.15, 0.2) is 5.16 Å². The summed E-state index contributed by atoms with van der Waals surface area (Å²) in [4.78, 5) is 24.6. The molecule has 1 aliphatic carbocycles. The quantitative estimate of drug-likeness (QED) is 0.434. The molecule has 0 atom stereocenters. The molecule has 1 saturated carbocycles. The van der Waals surface area contributed by atoms with Crippen LogP contribution in [-0.2, 0) is 16.1 Å². The number of esters is 1. The molecule has 150 valence electrons. The number of amides is 1. The van der Waals surface area contributed by atoms with Crippen molar-refractivity contribution in [2.75, 3.05) is 18.2 Å². The first-order valence-electron chi connectivity index (χ1n) is 9.21. The lowest BCUT2D eigenvalue weighted by atomic mass is 10.2. The van der Waals surface area contributed by atoms with Crippen LogP contribution in [0, 0.1) is 0 Å². The Bertz CT molecular complexity index is 1010. The van der Waals surface area contributed by atoms with Crippen LogP contribution in [0.3, 0.4) is 0 Å². The second-order valence-electron chi connectivity index (χ2n) is 6.68. The van der Waals surface area contributed by atoms with E-state index in [1.54, 1.807) is 11.4 Å². The first kappa shape index (κ1) is 19.7. The number of hydrogen-bond donors (Lipinski definition) is 1. The fourth-order valence-corrected chi connectivity index (χ4v) is 4.45. The van der Waals surface area contributed by atoms with Crippen molar-refractivity contribution in [1.29, 1.82) is 0 Å². The van der Waals surface area contributed by atoms with Crippen LogP contribution in [0.4, 0.5) is 5.69 Å². The Morgan fingerprint density at radius 3 is 2.76 bits per heavy atom. The van der Waals surface area contributed by atoms with E-state index < -0.39 is 5.97 Å². The molecule has 0 unspecified atom stereocenters. The summed E-state index contributed by atoms with van der Waals surface area (Å²) in [6.45, 7) is 0.681. The molecule has 0 aliphatic heterocycles. The third-order valence-electron chi connectivity index (χ3n) is 4.51. The lowest BCUT2D eigenvalue weighted by Crippen LogP contribution is -2.16. The Balaban J connectivity index is 1.44. The Morgan fingerprint density at radius 2 is 2.03 bits per heavy atom. The van der Waals surface area contributed by atoms with Crippen LogP contribution < -0.4 is 5.32 Å². The topological polar surface area (TPSA) is 86.1 Å². The van der Waals surface area contributed by atoms with E-state index in [1.165, 1.54) is 35.8 Å². The van der Waals surface area contributed by atoms with Gasteiger partial charge >= 0.3 is 5.97 Å². The standard InChI is InChI=1S/C20H20N4O3S2/c1-27-19(26)17-15(9-10-28-17)21-16(25)12-29-20-23-22-18(14-7-8-14)24(20)11-13-5-3-2-4-6-13/h2-6,9-10,14H,7-8,11-12H2,1H3,(H,21,25). The van der Waals surface area contributed by atoms with Crippen molar-refractivity contribution >= 4 is 40.7 Å². The number of nitrogens with zero attached hydrogens (tertiary/aromatic N) is 3. The summed E-state index contributed by atoms with van der Waals surface area (Å²) in [5, 5.41) is 14.0. The first-order valence-corrected chi connectivity index (χ1v) is 11.1. The van der Waals surface area contributed by atoms with Crippen molar-refractivity contribution in [3.05, 3.63) is 58.0 Å². The Hall–Kier alpha value is -2.65. The molecule has 1 aromatic carbocycles. The van der Waals surface area contributed by atoms with E-state index in [2.05, 4.69) is 32.2 Å². The molecule has 0 spiro atoms. The molecule has 29 heavy (non-hydrogen) atoms. The van der Waals surface area contributed by atoms with Gasteiger partial charge in [-0.2, -0.15) is 0 Å². The van der Waals surface area contributed by atoms with Gasteiger partial charge in [-0.1, -0.05) is 42.1 Å². The van der Waals surface area contributed by atoms with Crippen molar-refractivity contribution in [2.24, 2.45) is 0 Å². The van der Waals surface area contributed by atoms with Gasteiger partial charge in [0.1, 0.15) is 10.7 Å². The molecular formula is C20H20N4O3S2. The van der Waals surface area contributed by atoms with Gasteiger partial charge in [0.05, 0.1) is 25.1 Å². The van der Waals surface area contributed by atoms with Gasteiger partial charge in [-0.3, -0.25) is 4.79 Å². The third kappa shape index (κ3) is 4.68. The van der Waals surface area contributed by atoms with Crippen molar-refractivity contribution < 1.29 is 14.3 Å². The molecule has 2 heterocycles. The van der Waals surface area contributed by atoms with Crippen LogP contribution in [0.2, 0.25) is 0 Å². The van der Waals surface area contributed by atoms with E-state index in [4.69, 9.17) is 4.74 Å². The molecule has 4 rings (SSSR count). The summed E-state index contributed by atoms with van der Waals surface area (Å²) in [6.07, 6.45) is 2.26. The molecule has 7 nitrogen and oxygen atoms in total. The van der Waals surface area contributed by atoms with Crippen molar-refractivity contribution in [3.63, 3.8) is 0 Å². The van der Waals surface area contributed by atoms with Gasteiger partial charge in [-0.05, 0) is 29.9 Å². The third-order valence-corrected chi connectivity index (χ3v) is 6.38. The molecule has 9 heteroatoms. The maximum atomic E-state index is 12.4. The van der Waals surface area contributed by atoms with Crippen molar-refractivity contribution in [3.8, 4) is 0 Å². The van der Waals surface area contributed by atoms with Crippen LogP contribution in [0.25, 0.3) is 0 Å². The minimum Gasteiger partial charge on any atom is -0.465 e. The average molecular weight is 429 g/mol. The van der Waals surface area contributed by atoms with Gasteiger partial charge in [0, 0.05) is 5.92 Å². The van der Waals surface area contributed by atoms with Gasteiger partial charge in [0.2, 0.25) is 5.91 Å². The van der Waals surface area contributed by atoms with Crippen molar-refractivity contribution in [1.82, 2.24) is 14.8 Å². The van der Waals surface area contributed by atoms with Crippen LogP contribution in [0.1, 0.15) is 39.8 Å². The molecule has 0 radical (unpaired) electrons. The van der Waals surface area contributed by atoms with E-state index >= 15 is 0 Å². The molecule has 2 aromatic heterocycles. The number of methoxy groups -OCH3 is 1. The number of aromatic nitrogens is 3. The monoisotopic (exact) mass is 428 g/mol. The number of thioether (sulfide) groups is 1. The first-order chi connectivity index (χ1) is 14.2. The highest BCUT2D eigenvalue weighted by Gasteiger charge is 2.30. The Morgan fingerprint density at radius 1 is 1.24 bits per heavy atom. The highest BCUT2D eigenvalue weighted by Crippen LogP contribution is 2.40. The lowest BCUT2D eigenvalue weighted by Gasteiger charge is -2.10. The average Bonchev–Trinajstić information content (AvgIpc) is 3.35. The number of carbonyl (C=O) groups excluding carboxylic acids is 2. The molecule has 1 N–H and O–H groups in total. The SMILES string of the molecule is COC(=O)c1sccc1NC(=O)CSc1nnc(C2CC2)n1Cc1ccccc1. The maximum Gasteiger partial charge on any atom is 0.350 e. The molecular weight excluding hydrogens is 408 g/mol. The molecule has 1 fully saturated rings. The zero-order valence-electron chi connectivity index (χ0n) is 15.8. The van der Waals surface area contributed by atoms with E-state index in [0.717, 1.165) is 23.8 Å². The highest BCUT2D eigenvalue weighted by atomic mass is 32.2. The van der Waals surface area contributed by atoms with Crippen LogP contribution in [-0.4, -0.2) is 39.5 Å². The Kier molecular flexibility index (Phi) is 5.96. The van der Waals surface area contributed by atoms with Crippen LogP contribution in [0.5, 0.6) is 0 Å². The fourth-order valence-electron chi connectivity index (χ4n) is 2.94. The molecule has 1 amide bonds. The minimum atomic E-state index is -0.459. The van der Waals surface area contributed by atoms with Crippen molar-refractivity contribution in [2.45, 2.75) is 30.5 Å². The number of rotatable bonds is 8. The molecule has 3 aromatic rings. The second kappa shape index (κ2) is 8.79. The van der Waals surface area contributed by atoms with Crippen LogP contribution in [0.15, 0.2) is 46.9 Å². The summed E-state index contributed by atoms with van der Waals surface area (Å²) in [6, 6.07) is 11.9. The second-order valence-corrected chi connectivity index (χ2v) is 8.54. The summed E-state index contributed by atoms with van der Waals surface area (Å²) in [5.74, 6) is 0.958. The molecule has 0 saturated heterocycles. The summed E-state index contributed by atoms with van der Waals surface area (Å²) in [7, 11) is 1.32. The lowest BCUT2D eigenvalue weighted by molar-refractivity contribution is -0.113. The van der Waals surface area contributed by atoms with E-state index in [9.17, 15) is 9.59 Å². The predicted molar refractivity (Wildman–Crippen MR) is 113 cm³/mol. The summed E-state index contributed by atoms with van der Waals surface area (Å²) >= 11 is 2.58. The van der Waals surface area contributed by atoms with E-state index in [1.807, 2.05) is 18.2 Å². The zero-order valence-corrected chi connectivity index (χ0v) is 17.5. The number of benzene rings is 1. The summed E-state index contributed by atoms with van der Waals surface area (Å²) in [5.41, 5.74) is 1.64. The normalized spacial score (nSPS) is 13.3. The maximum absolute atomic E-state index is 12.4. The van der Waals surface area contributed by atoms with E-state index in [0.29, 0.717) is 23.0 Å². The van der Waals surface area contributed by atoms with Gasteiger partial charge in [-0.25, -0.2) is 4.79 Å². The largest absolute Gasteiger partial charge is 0.465 e. The van der Waals surface area contributed by atoms with Gasteiger partial charge < -0.3 is 14.6 Å². The molecule has 1 aliphatic rings. The Labute approximate surface area is 176 Å². The van der Waals surface area contributed by atoms with Gasteiger partial charge in [0.25, 0.3) is 0 Å². The fraction of sp³-hybridized carbons (Fsp3) is 0.300. The zero-order chi connectivity index (χ0) is 20.2. The van der Waals surface area contributed by atoms with E-state index in [-0.39, 0.29) is 11.7 Å². The number of carbonyl (C=O) groups is 2.